The number of nitrogens with zero attached hydrogens (tertiary/aromatic N) is 1. The van der Waals surface area contributed by atoms with Gasteiger partial charge in [0.15, 0.2) is 0 Å². The quantitative estimate of drug-likeness (QED) is 0.397. The highest BCUT2D eigenvalue weighted by Crippen LogP contribution is 2.41. The van der Waals surface area contributed by atoms with Crippen molar-refractivity contribution >= 4 is 28.4 Å². The molecule has 4 rings (SSSR count). The van der Waals surface area contributed by atoms with Crippen molar-refractivity contribution < 1.29 is 19.4 Å². The van der Waals surface area contributed by atoms with Crippen LogP contribution >= 0.6 is 0 Å². The lowest BCUT2D eigenvalue weighted by Gasteiger charge is -2.26. The van der Waals surface area contributed by atoms with Crippen molar-refractivity contribution in [3.63, 3.8) is 0 Å². The summed E-state index contributed by atoms with van der Waals surface area (Å²) in [5.74, 6) is -1.48. The number of aromatic amines is 1. The van der Waals surface area contributed by atoms with Gasteiger partial charge < -0.3 is 19.7 Å². The number of aromatic nitrogens is 1. The van der Waals surface area contributed by atoms with Gasteiger partial charge in [0.1, 0.15) is 5.76 Å². The first-order chi connectivity index (χ1) is 14.0. The zero-order valence-electron chi connectivity index (χ0n) is 16.3. The Morgan fingerprint density at radius 2 is 1.86 bits per heavy atom. The summed E-state index contributed by atoms with van der Waals surface area (Å²) in [6.07, 6.45) is 1.66. The first-order valence-electron chi connectivity index (χ1n) is 9.44. The Morgan fingerprint density at radius 1 is 1.14 bits per heavy atom. The van der Waals surface area contributed by atoms with Crippen LogP contribution in [0.3, 0.4) is 0 Å². The van der Waals surface area contributed by atoms with Crippen molar-refractivity contribution in [2.24, 2.45) is 0 Å². The summed E-state index contributed by atoms with van der Waals surface area (Å²) < 4.78 is 5.14. The van der Waals surface area contributed by atoms with Gasteiger partial charge in [0.05, 0.1) is 18.2 Å². The third-order valence-electron chi connectivity index (χ3n) is 5.40. The zero-order chi connectivity index (χ0) is 20.5. The number of carbonyl (C=O) groups is 2. The van der Waals surface area contributed by atoms with Gasteiger partial charge in [0.2, 0.25) is 0 Å². The molecule has 1 aromatic heterocycles. The van der Waals surface area contributed by atoms with Crippen molar-refractivity contribution in [2.75, 3.05) is 20.3 Å². The van der Waals surface area contributed by atoms with E-state index in [0.29, 0.717) is 12.2 Å². The van der Waals surface area contributed by atoms with E-state index in [4.69, 9.17) is 4.74 Å². The number of carbonyl (C=O) groups excluding carboxylic acids is 2. The second-order valence-corrected chi connectivity index (χ2v) is 7.09. The predicted octanol–water partition coefficient (Wildman–Crippen LogP) is 3.54. The van der Waals surface area contributed by atoms with Crippen molar-refractivity contribution in [1.82, 2.24) is 9.88 Å². The van der Waals surface area contributed by atoms with Gasteiger partial charge in [0.25, 0.3) is 11.7 Å². The average Bonchev–Trinajstić information content (AvgIpc) is 3.26. The number of aryl methyl sites for hydroxylation is 1. The number of aliphatic hydroxyl groups excluding tert-OH is 1. The second kappa shape index (κ2) is 7.56. The molecular weight excluding hydrogens is 368 g/mol. The van der Waals surface area contributed by atoms with Crippen LogP contribution in [-0.4, -0.2) is 46.9 Å². The number of H-pyrrole nitrogens is 1. The molecular formula is C23H22N2O4. The fourth-order valence-corrected chi connectivity index (χ4v) is 3.93. The molecule has 6 nitrogen and oxygen atoms in total. The topological polar surface area (TPSA) is 82.6 Å². The Kier molecular flexibility index (Phi) is 4.94. The van der Waals surface area contributed by atoms with Gasteiger partial charge in [-0.25, -0.2) is 0 Å². The van der Waals surface area contributed by atoms with Crippen LogP contribution in [0.15, 0.2) is 60.3 Å². The number of para-hydroxylation sites is 1. The monoisotopic (exact) mass is 390 g/mol. The molecule has 148 valence electrons. The molecule has 2 N–H and O–H groups in total. The van der Waals surface area contributed by atoms with E-state index in [1.165, 1.54) is 4.90 Å². The van der Waals surface area contributed by atoms with E-state index in [-0.39, 0.29) is 17.9 Å². The van der Waals surface area contributed by atoms with Crippen LogP contribution in [0.5, 0.6) is 0 Å². The van der Waals surface area contributed by atoms with Crippen LogP contribution in [-0.2, 0) is 14.3 Å². The van der Waals surface area contributed by atoms with Crippen LogP contribution in [0.4, 0.5) is 0 Å². The lowest BCUT2D eigenvalue weighted by Crippen LogP contribution is -2.32. The summed E-state index contributed by atoms with van der Waals surface area (Å²) in [6.45, 7) is 2.48. The molecule has 6 heteroatoms. The number of fused-ring (bicyclic) bond motifs is 1. The third-order valence-corrected chi connectivity index (χ3v) is 5.40. The van der Waals surface area contributed by atoms with Crippen molar-refractivity contribution in [3.05, 3.63) is 77.0 Å². The van der Waals surface area contributed by atoms with Crippen molar-refractivity contribution in [3.8, 4) is 0 Å². The van der Waals surface area contributed by atoms with E-state index in [2.05, 4.69) is 4.98 Å². The number of Topliss-reactive ketones (excluding diaryl/α,β-unsaturated/α-hetero) is 1. The average molecular weight is 390 g/mol. The Labute approximate surface area is 168 Å². The number of methoxy groups -OCH3 is 1. The number of hydrogen-bond donors (Lipinski definition) is 2. The molecule has 1 aliphatic heterocycles. The molecule has 1 unspecified atom stereocenters. The highest BCUT2D eigenvalue weighted by Gasteiger charge is 2.46. The van der Waals surface area contributed by atoms with Gasteiger partial charge >= 0.3 is 0 Å². The van der Waals surface area contributed by atoms with Crippen LogP contribution in [0, 0.1) is 6.92 Å². The van der Waals surface area contributed by atoms with E-state index in [1.807, 2.05) is 55.5 Å². The molecule has 1 fully saturated rings. The van der Waals surface area contributed by atoms with Gasteiger partial charge in [-0.05, 0) is 24.1 Å². The Hall–Kier alpha value is -3.38. The molecule has 1 saturated heterocycles. The molecule has 1 atom stereocenters. The minimum Gasteiger partial charge on any atom is -0.507 e. The van der Waals surface area contributed by atoms with Crippen LogP contribution in [0.1, 0.15) is 22.7 Å². The maximum Gasteiger partial charge on any atom is 0.295 e. The summed E-state index contributed by atoms with van der Waals surface area (Å²) in [5.41, 5.74) is 3.19. The molecule has 3 aromatic rings. The van der Waals surface area contributed by atoms with Crippen LogP contribution in [0.25, 0.3) is 16.7 Å². The Balaban J connectivity index is 1.93. The zero-order valence-corrected chi connectivity index (χ0v) is 16.3. The Bertz CT molecular complexity index is 1130. The summed E-state index contributed by atoms with van der Waals surface area (Å²) in [5, 5.41) is 12.0. The molecule has 0 spiro atoms. The van der Waals surface area contributed by atoms with E-state index in [0.717, 1.165) is 22.0 Å². The molecule has 2 aromatic carbocycles. The SMILES string of the molecule is COCCN1C(=O)C(=O)/C(=C(/O)c2c[nH]c3ccccc23)C1c1ccccc1C. The fourth-order valence-electron chi connectivity index (χ4n) is 3.93. The van der Waals surface area contributed by atoms with Gasteiger partial charge in [-0.15, -0.1) is 0 Å². The summed E-state index contributed by atoms with van der Waals surface area (Å²) in [4.78, 5) is 30.4. The summed E-state index contributed by atoms with van der Waals surface area (Å²) in [7, 11) is 1.55. The highest BCUT2D eigenvalue weighted by molar-refractivity contribution is 6.46. The van der Waals surface area contributed by atoms with Crippen molar-refractivity contribution in [2.45, 2.75) is 13.0 Å². The normalized spacial score (nSPS) is 18.7. The maximum atomic E-state index is 13.0. The number of amides is 1. The molecule has 1 amide bonds. The van der Waals surface area contributed by atoms with Crippen LogP contribution in [0.2, 0.25) is 0 Å². The summed E-state index contributed by atoms with van der Waals surface area (Å²) in [6, 6.07) is 14.4. The minimum atomic E-state index is -0.683. The predicted molar refractivity (Wildman–Crippen MR) is 110 cm³/mol. The Morgan fingerprint density at radius 3 is 2.62 bits per heavy atom. The van der Waals surface area contributed by atoms with Gasteiger partial charge in [-0.3, -0.25) is 9.59 Å². The molecule has 0 saturated carbocycles. The molecule has 0 aliphatic carbocycles. The van der Waals surface area contributed by atoms with E-state index in [1.54, 1.807) is 13.3 Å². The number of ketones is 1. The number of nitrogens with one attached hydrogen (secondary N) is 1. The van der Waals surface area contributed by atoms with Crippen LogP contribution < -0.4 is 0 Å². The first-order valence-corrected chi connectivity index (χ1v) is 9.44. The van der Waals surface area contributed by atoms with E-state index in [9.17, 15) is 14.7 Å². The molecule has 0 radical (unpaired) electrons. The largest absolute Gasteiger partial charge is 0.507 e. The lowest BCUT2D eigenvalue weighted by atomic mass is 9.92. The molecule has 1 aliphatic rings. The van der Waals surface area contributed by atoms with Gasteiger partial charge in [0, 0.05) is 36.3 Å². The smallest absolute Gasteiger partial charge is 0.295 e. The number of ether oxygens (including phenoxy) is 1. The number of aliphatic hydroxyl groups is 1. The molecule has 2 heterocycles. The number of benzene rings is 2. The van der Waals surface area contributed by atoms with Crippen molar-refractivity contribution in [1.29, 1.82) is 0 Å². The fraction of sp³-hybridized carbons (Fsp3) is 0.217. The summed E-state index contributed by atoms with van der Waals surface area (Å²) >= 11 is 0. The first kappa shape index (κ1) is 19.0. The van der Waals surface area contributed by atoms with Gasteiger partial charge in [-0.1, -0.05) is 42.5 Å². The second-order valence-electron chi connectivity index (χ2n) is 7.09. The van der Waals surface area contributed by atoms with E-state index < -0.39 is 17.7 Å². The third kappa shape index (κ3) is 3.11. The highest BCUT2D eigenvalue weighted by atomic mass is 16.5. The van der Waals surface area contributed by atoms with Gasteiger partial charge in [-0.2, -0.15) is 0 Å². The maximum absolute atomic E-state index is 13.0. The number of rotatable bonds is 5. The standard InChI is InChI=1S/C23H22N2O4/c1-14-7-3-4-8-15(14)20-19(22(27)23(28)25(20)11-12-29-2)21(26)17-13-24-18-10-6-5-9-16(17)18/h3-10,13,20,24,26H,11-12H2,1-2H3/b21-19+. The molecule has 29 heavy (non-hydrogen) atoms. The number of hydrogen-bond acceptors (Lipinski definition) is 4. The van der Waals surface area contributed by atoms with E-state index >= 15 is 0 Å². The number of likely N-dealkylation sites (tertiary alicyclic amines) is 1. The lowest BCUT2D eigenvalue weighted by molar-refractivity contribution is -0.140. The minimum absolute atomic E-state index is 0.102. The molecule has 0 bridgehead atoms.